The van der Waals surface area contributed by atoms with E-state index in [1.165, 1.54) is 6.42 Å². The standard InChI is InChI=1S/C11H26N2O2S/c1-3-5-7-11(4-2)10-13-16(14,15)9-6-8-12/h11,13H,3-10,12H2,1-2H3. The summed E-state index contributed by atoms with van der Waals surface area (Å²) in [4.78, 5) is 0. The molecule has 0 bridgehead atoms. The van der Waals surface area contributed by atoms with Crippen molar-refractivity contribution in [3.05, 3.63) is 0 Å². The summed E-state index contributed by atoms with van der Waals surface area (Å²) < 4.78 is 25.7. The molecule has 0 aromatic carbocycles. The molecule has 5 heteroatoms. The molecule has 0 aliphatic carbocycles. The molecule has 0 rings (SSSR count). The number of nitrogens with one attached hydrogen (secondary N) is 1. The third kappa shape index (κ3) is 8.07. The van der Waals surface area contributed by atoms with Crippen molar-refractivity contribution in [3.8, 4) is 0 Å². The van der Waals surface area contributed by atoms with Crippen LogP contribution in [-0.4, -0.2) is 27.3 Å². The second-order valence-corrected chi connectivity index (χ2v) is 6.15. The number of sulfonamides is 1. The summed E-state index contributed by atoms with van der Waals surface area (Å²) in [6.07, 6.45) is 4.99. The summed E-state index contributed by atoms with van der Waals surface area (Å²) in [5, 5.41) is 0. The fraction of sp³-hybridized carbons (Fsp3) is 1.00. The predicted molar refractivity (Wildman–Crippen MR) is 68.8 cm³/mol. The van der Waals surface area contributed by atoms with Crippen LogP contribution in [0.25, 0.3) is 0 Å². The third-order valence-electron chi connectivity index (χ3n) is 2.75. The van der Waals surface area contributed by atoms with Crippen molar-refractivity contribution in [2.45, 2.75) is 46.0 Å². The van der Waals surface area contributed by atoms with Crippen molar-refractivity contribution >= 4 is 10.0 Å². The fourth-order valence-corrected chi connectivity index (χ4v) is 2.71. The third-order valence-corrected chi connectivity index (χ3v) is 4.19. The van der Waals surface area contributed by atoms with E-state index in [4.69, 9.17) is 5.73 Å². The first-order chi connectivity index (χ1) is 7.55. The molecule has 0 aliphatic heterocycles. The summed E-state index contributed by atoms with van der Waals surface area (Å²) in [5.74, 6) is 0.612. The van der Waals surface area contributed by atoms with Crippen molar-refractivity contribution in [2.75, 3.05) is 18.8 Å². The Morgan fingerprint density at radius 3 is 2.44 bits per heavy atom. The molecule has 0 saturated heterocycles. The molecule has 0 aromatic heterocycles. The minimum atomic E-state index is -3.10. The molecule has 1 unspecified atom stereocenters. The van der Waals surface area contributed by atoms with E-state index < -0.39 is 10.0 Å². The highest BCUT2D eigenvalue weighted by atomic mass is 32.2. The molecule has 1 atom stereocenters. The topological polar surface area (TPSA) is 72.2 Å². The average Bonchev–Trinajstić information content (AvgIpc) is 2.27. The first-order valence-electron chi connectivity index (χ1n) is 6.23. The zero-order valence-electron chi connectivity index (χ0n) is 10.5. The van der Waals surface area contributed by atoms with E-state index in [-0.39, 0.29) is 5.75 Å². The lowest BCUT2D eigenvalue weighted by Gasteiger charge is -2.15. The first kappa shape index (κ1) is 15.9. The monoisotopic (exact) mass is 250 g/mol. The quantitative estimate of drug-likeness (QED) is 0.617. The van der Waals surface area contributed by atoms with Gasteiger partial charge in [0.1, 0.15) is 0 Å². The maximum atomic E-state index is 11.5. The Hall–Kier alpha value is -0.130. The zero-order valence-corrected chi connectivity index (χ0v) is 11.4. The van der Waals surface area contributed by atoms with Crippen molar-refractivity contribution in [1.82, 2.24) is 4.72 Å². The van der Waals surface area contributed by atoms with E-state index >= 15 is 0 Å². The van der Waals surface area contributed by atoms with Crippen LogP contribution in [0.3, 0.4) is 0 Å². The van der Waals surface area contributed by atoms with Crippen LogP contribution in [0.4, 0.5) is 0 Å². The molecule has 0 radical (unpaired) electrons. The van der Waals surface area contributed by atoms with E-state index in [1.807, 2.05) is 0 Å². The Labute approximate surface area is 100 Å². The van der Waals surface area contributed by atoms with Gasteiger partial charge in [-0.2, -0.15) is 0 Å². The van der Waals surface area contributed by atoms with Crippen molar-refractivity contribution in [3.63, 3.8) is 0 Å². The normalized spacial score (nSPS) is 13.9. The van der Waals surface area contributed by atoms with Gasteiger partial charge in [-0.15, -0.1) is 0 Å². The van der Waals surface area contributed by atoms with Crippen LogP contribution in [0, 0.1) is 5.92 Å². The van der Waals surface area contributed by atoms with Crippen LogP contribution in [-0.2, 0) is 10.0 Å². The summed E-state index contributed by atoms with van der Waals surface area (Å²) in [6.45, 7) is 5.25. The zero-order chi connectivity index (χ0) is 12.4. The Morgan fingerprint density at radius 1 is 1.25 bits per heavy atom. The lowest BCUT2D eigenvalue weighted by molar-refractivity contribution is 0.443. The van der Waals surface area contributed by atoms with E-state index in [0.717, 1.165) is 19.3 Å². The Kier molecular flexibility index (Phi) is 8.89. The minimum Gasteiger partial charge on any atom is -0.330 e. The lowest BCUT2D eigenvalue weighted by Crippen LogP contribution is -2.31. The number of hydrogen-bond donors (Lipinski definition) is 2. The van der Waals surface area contributed by atoms with E-state index in [9.17, 15) is 8.42 Å². The lowest BCUT2D eigenvalue weighted by atomic mass is 10.00. The maximum absolute atomic E-state index is 11.5. The van der Waals surface area contributed by atoms with Gasteiger partial charge in [0.2, 0.25) is 10.0 Å². The van der Waals surface area contributed by atoms with Crippen LogP contribution >= 0.6 is 0 Å². The summed E-state index contributed by atoms with van der Waals surface area (Å²) in [7, 11) is -3.10. The molecule has 16 heavy (non-hydrogen) atoms. The number of unbranched alkanes of at least 4 members (excludes halogenated alkanes) is 1. The molecule has 3 N–H and O–H groups in total. The van der Waals surface area contributed by atoms with Crippen LogP contribution in [0.1, 0.15) is 46.0 Å². The minimum absolute atomic E-state index is 0.147. The molecule has 0 aliphatic rings. The second-order valence-electron chi connectivity index (χ2n) is 4.23. The first-order valence-corrected chi connectivity index (χ1v) is 7.88. The summed E-state index contributed by atoms with van der Waals surface area (Å²) >= 11 is 0. The highest BCUT2D eigenvalue weighted by Crippen LogP contribution is 2.11. The fourth-order valence-electron chi connectivity index (χ4n) is 1.53. The van der Waals surface area contributed by atoms with Crippen LogP contribution in [0.5, 0.6) is 0 Å². The average molecular weight is 250 g/mol. The molecule has 0 fully saturated rings. The van der Waals surface area contributed by atoms with Crippen LogP contribution < -0.4 is 10.5 Å². The van der Waals surface area contributed by atoms with Gasteiger partial charge in [-0.1, -0.05) is 33.1 Å². The molecular weight excluding hydrogens is 224 g/mol. The molecule has 0 spiro atoms. The SMILES string of the molecule is CCCCC(CC)CNS(=O)(=O)CCCN. The van der Waals surface area contributed by atoms with Gasteiger partial charge in [-0.25, -0.2) is 13.1 Å². The van der Waals surface area contributed by atoms with Crippen molar-refractivity contribution in [1.29, 1.82) is 0 Å². The summed E-state index contributed by atoms with van der Waals surface area (Å²) in [6, 6.07) is 0. The van der Waals surface area contributed by atoms with Gasteiger partial charge in [0.25, 0.3) is 0 Å². The second kappa shape index (κ2) is 8.96. The van der Waals surface area contributed by atoms with Crippen molar-refractivity contribution in [2.24, 2.45) is 11.7 Å². The van der Waals surface area contributed by atoms with Gasteiger partial charge in [0.05, 0.1) is 5.75 Å². The van der Waals surface area contributed by atoms with Crippen LogP contribution in [0.15, 0.2) is 0 Å². The summed E-state index contributed by atoms with van der Waals surface area (Å²) in [5.41, 5.74) is 5.29. The van der Waals surface area contributed by atoms with Gasteiger partial charge in [0, 0.05) is 6.54 Å². The van der Waals surface area contributed by atoms with Gasteiger partial charge in [0.15, 0.2) is 0 Å². The number of rotatable bonds is 10. The highest BCUT2D eigenvalue weighted by Gasteiger charge is 2.12. The number of hydrogen-bond acceptors (Lipinski definition) is 3. The molecule has 98 valence electrons. The van der Waals surface area contributed by atoms with E-state index in [2.05, 4.69) is 18.6 Å². The smallest absolute Gasteiger partial charge is 0.211 e. The molecular formula is C11H26N2O2S. The Balaban J connectivity index is 3.90. The van der Waals surface area contributed by atoms with Gasteiger partial charge in [-0.3, -0.25) is 0 Å². The molecule has 0 saturated carbocycles. The van der Waals surface area contributed by atoms with Gasteiger partial charge >= 0.3 is 0 Å². The molecule has 0 heterocycles. The largest absolute Gasteiger partial charge is 0.330 e. The molecule has 0 amide bonds. The molecule has 0 aromatic rings. The van der Waals surface area contributed by atoms with Gasteiger partial charge in [-0.05, 0) is 25.3 Å². The van der Waals surface area contributed by atoms with E-state index in [1.54, 1.807) is 0 Å². The maximum Gasteiger partial charge on any atom is 0.211 e. The van der Waals surface area contributed by atoms with Crippen LogP contribution in [0.2, 0.25) is 0 Å². The predicted octanol–water partition coefficient (Wildman–Crippen LogP) is 1.47. The van der Waals surface area contributed by atoms with E-state index in [0.29, 0.717) is 25.4 Å². The Bertz CT molecular complexity index is 253. The molecule has 4 nitrogen and oxygen atoms in total. The highest BCUT2D eigenvalue weighted by molar-refractivity contribution is 7.89. The van der Waals surface area contributed by atoms with Gasteiger partial charge < -0.3 is 5.73 Å². The number of nitrogens with two attached hydrogens (primary N) is 1. The Morgan fingerprint density at radius 2 is 1.94 bits per heavy atom. The van der Waals surface area contributed by atoms with Crippen molar-refractivity contribution < 1.29 is 8.42 Å².